The average Bonchev–Trinajstić information content (AvgIpc) is 2.39. The van der Waals surface area contributed by atoms with Gasteiger partial charge in [0.25, 0.3) is 0 Å². The van der Waals surface area contributed by atoms with Gasteiger partial charge >= 0.3 is 0 Å². The van der Waals surface area contributed by atoms with E-state index in [1.54, 1.807) is 7.11 Å². The van der Waals surface area contributed by atoms with Crippen LogP contribution in [0.3, 0.4) is 0 Å². The molecule has 1 fully saturated rings. The van der Waals surface area contributed by atoms with E-state index in [-0.39, 0.29) is 12.4 Å². The average molecular weight is 238 g/mol. The zero-order chi connectivity index (χ0) is 12.3. The van der Waals surface area contributed by atoms with Crippen LogP contribution in [0, 0.1) is 11.7 Å². The van der Waals surface area contributed by atoms with Crippen LogP contribution in [0.2, 0.25) is 0 Å². The molecule has 2 nitrogen and oxygen atoms in total. The fraction of sp³-hybridized carbons (Fsp3) is 0.571. The van der Waals surface area contributed by atoms with Gasteiger partial charge < -0.3 is 9.84 Å². The summed E-state index contributed by atoms with van der Waals surface area (Å²) in [6.45, 7) is 0.262. The van der Waals surface area contributed by atoms with Crippen molar-refractivity contribution in [1.29, 1.82) is 0 Å². The van der Waals surface area contributed by atoms with Gasteiger partial charge in [-0.3, -0.25) is 0 Å². The van der Waals surface area contributed by atoms with Crippen molar-refractivity contribution in [2.24, 2.45) is 5.92 Å². The standard InChI is InChI=1S/C14H19FO2/c1-17-12-6-7-13(14(15)8-12)11-4-2-10(9-16)3-5-11/h6-8,10-11,16H,2-5,9H2,1H3. The second-order valence-corrected chi connectivity index (χ2v) is 4.79. The minimum Gasteiger partial charge on any atom is -0.497 e. The fourth-order valence-corrected chi connectivity index (χ4v) is 2.62. The maximum Gasteiger partial charge on any atom is 0.130 e. The highest BCUT2D eigenvalue weighted by atomic mass is 19.1. The molecule has 17 heavy (non-hydrogen) atoms. The molecule has 3 heteroatoms. The van der Waals surface area contributed by atoms with Gasteiger partial charge in [-0.25, -0.2) is 4.39 Å². The molecule has 0 radical (unpaired) electrons. The van der Waals surface area contributed by atoms with Gasteiger partial charge in [-0.2, -0.15) is 0 Å². The van der Waals surface area contributed by atoms with Crippen LogP contribution in [0.5, 0.6) is 5.75 Å². The summed E-state index contributed by atoms with van der Waals surface area (Å²) in [7, 11) is 1.54. The van der Waals surface area contributed by atoms with Crippen LogP contribution >= 0.6 is 0 Å². The van der Waals surface area contributed by atoms with Crippen LogP contribution in [0.1, 0.15) is 37.2 Å². The number of methoxy groups -OCH3 is 1. The number of ether oxygens (including phenoxy) is 1. The Morgan fingerprint density at radius 1 is 1.29 bits per heavy atom. The molecule has 1 aromatic carbocycles. The zero-order valence-electron chi connectivity index (χ0n) is 10.2. The number of hydrogen-bond acceptors (Lipinski definition) is 2. The van der Waals surface area contributed by atoms with Gasteiger partial charge in [-0.15, -0.1) is 0 Å². The number of rotatable bonds is 3. The van der Waals surface area contributed by atoms with Gasteiger partial charge in [0.2, 0.25) is 0 Å². The zero-order valence-corrected chi connectivity index (χ0v) is 10.2. The van der Waals surface area contributed by atoms with Crippen LogP contribution in [0.4, 0.5) is 4.39 Å². The molecule has 0 atom stereocenters. The van der Waals surface area contributed by atoms with Crippen molar-refractivity contribution in [3.05, 3.63) is 29.6 Å². The second-order valence-electron chi connectivity index (χ2n) is 4.79. The first-order valence-corrected chi connectivity index (χ1v) is 6.19. The molecule has 0 spiro atoms. The Balaban J connectivity index is 2.08. The van der Waals surface area contributed by atoms with Gasteiger partial charge in [0.05, 0.1) is 7.11 Å². The van der Waals surface area contributed by atoms with Crippen LogP contribution < -0.4 is 4.74 Å². The quantitative estimate of drug-likeness (QED) is 0.876. The van der Waals surface area contributed by atoms with Crippen molar-refractivity contribution in [3.63, 3.8) is 0 Å². The van der Waals surface area contributed by atoms with E-state index in [4.69, 9.17) is 9.84 Å². The molecular weight excluding hydrogens is 219 g/mol. The summed E-state index contributed by atoms with van der Waals surface area (Å²) < 4.78 is 18.9. The Morgan fingerprint density at radius 2 is 2.00 bits per heavy atom. The summed E-state index contributed by atoms with van der Waals surface area (Å²) in [6, 6.07) is 5.10. The molecule has 0 heterocycles. The molecule has 1 aliphatic carbocycles. The summed E-state index contributed by atoms with van der Waals surface area (Å²) in [5.41, 5.74) is 0.794. The van der Waals surface area contributed by atoms with Crippen molar-refractivity contribution in [2.75, 3.05) is 13.7 Å². The summed E-state index contributed by atoms with van der Waals surface area (Å²) in [5, 5.41) is 9.08. The Labute approximate surface area is 101 Å². The molecule has 1 N–H and O–H groups in total. The molecule has 0 bridgehead atoms. The van der Waals surface area contributed by atoms with E-state index in [0.717, 1.165) is 31.2 Å². The van der Waals surface area contributed by atoms with Crippen LogP contribution in [-0.4, -0.2) is 18.8 Å². The van der Waals surface area contributed by atoms with Crippen LogP contribution in [0.15, 0.2) is 18.2 Å². The third-order valence-electron chi connectivity index (χ3n) is 3.75. The lowest BCUT2D eigenvalue weighted by Gasteiger charge is -2.27. The largest absolute Gasteiger partial charge is 0.497 e. The lowest BCUT2D eigenvalue weighted by Crippen LogP contribution is -2.16. The van der Waals surface area contributed by atoms with E-state index in [1.165, 1.54) is 6.07 Å². The van der Waals surface area contributed by atoms with E-state index < -0.39 is 0 Å². The third kappa shape index (κ3) is 2.78. The molecule has 1 saturated carbocycles. The smallest absolute Gasteiger partial charge is 0.130 e. The SMILES string of the molecule is COc1ccc(C2CCC(CO)CC2)c(F)c1. The summed E-state index contributed by atoms with van der Waals surface area (Å²) in [6.07, 6.45) is 3.92. The van der Waals surface area contributed by atoms with Gasteiger partial charge in [0.1, 0.15) is 11.6 Å². The molecule has 0 aromatic heterocycles. The number of hydrogen-bond donors (Lipinski definition) is 1. The molecule has 0 aliphatic heterocycles. The molecule has 2 rings (SSSR count). The summed E-state index contributed by atoms with van der Waals surface area (Å²) >= 11 is 0. The minimum absolute atomic E-state index is 0.170. The highest BCUT2D eigenvalue weighted by Gasteiger charge is 2.23. The Bertz CT molecular complexity index is 370. The van der Waals surface area contributed by atoms with Crippen molar-refractivity contribution >= 4 is 0 Å². The van der Waals surface area contributed by atoms with Crippen molar-refractivity contribution in [2.45, 2.75) is 31.6 Å². The number of aliphatic hydroxyl groups excluding tert-OH is 1. The normalized spacial score (nSPS) is 24.6. The number of aliphatic hydroxyl groups is 1. The van der Waals surface area contributed by atoms with E-state index in [9.17, 15) is 4.39 Å². The molecule has 0 amide bonds. The van der Waals surface area contributed by atoms with Gasteiger partial charge in [-0.1, -0.05) is 6.07 Å². The van der Waals surface area contributed by atoms with Crippen molar-refractivity contribution in [1.82, 2.24) is 0 Å². The molecule has 94 valence electrons. The van der Waals surface area contributed by atoms with Crippen molar-refractivity contribution < 1.29 is 14.2 Å². The maximum absolute atomic E-state index is 13.9. The number of halogens is 1. The molecule has 1 aliphatic rings. The van der Waals surface area contributed by atoms with Gasteiger partial charge in [-0.05, 0) is 49.1 Å². The summed E-state index contributed by atoms with van der Waals surface area (Å²) in [5.74, 6) is 1.10. The molecular formula is C14H19FO2. The van der Waals surface area contributed by atoms with E-state index in [2.05, 4.69) is 0 Å². The Morgan fingerprint density at radius 3 is 2.53 bits per heavy atom. The maximum atomic E-state index is 13.9. The Hall–Kier alpha value is -1.09. The first-order chi connectivity index (χ1) is 8.24. The predicted octanol–water partition coefficient (Wildman–Crippen LogP) is 3.10. The monoisotopic (exact) mass is 238 g/mol. The fourth-order valence-electron chi connectivity index (χ4n) is 2.62. The topological polar surface area (TPSA) is 29.5 Å². The second kappa shape index (κ2) is 5.50. The molecule has 0 unspecified atom stereocenters. The van der Waals surface area contributed by atoms with Crippen LogP contribution in [0.25, 0.3) is 0 Å². The highest BCUT2D eigenvalue weighted by molar-refractivity contribution is 5.31. The van der Waals surface area contributed by atoms with Crippen molar-refractivity contribution in [3.8, 4) is 5.75 Å². The number of benzene rings is 1. The molecule has 1 aromatic rings. The van der Waals surface area contributed by atoms with E-state index in [1.807, 2.05) is 12.1 Å². The first kappa shape index (κ1) is 12.4. The Kier molecular flexibility index (Phi) is 4.00. The lowest BCUT2D eigenvalue weighted by molar-refractivity contribution is 0.181. The van der Waals surface area contributed by atoms with Gasteiger partial charge in [0.15, 0.2) is 0 Å². The first-order valence-electron chi connectivity index (χ1n) is 6.19. The van der Waals surface area contributed by atoms with E-state index in [0.29, 0.717) is 17.6 Å². The third-order valence-corrected chi connectivity index (χ3v) is 3.75. The highest BCUT2D eigenvalue weighted by Crippen LogP contribution is 2.37. The van der Waals surface area contributed by atoms with Gasteiger partial charge in [0, 0.05) is 12.7 Å². The minimum atomic E-state index is -0.170. The van der Waals surface area contributed by atoms with E-state index >= 15 is 0 Å². The van der Waals surface area contributed by atoms with Crippen LogP contribution in [-0.2, 0) is 0 Å². The predicted molar refractivity (Wildman–Crippen MR) is 64.7 cm³/mol. The summed E-state index contributed by atoms with van der Waals surface area (Å²) in [4.78, 5) is 0. The molecule has 0 saturated heterocycles. The lowest BCUT2D eigenvalue weighted by atomic mass is 9.79.